The van der Waals surface area contributed by atoms with Crippen molar-refractivity contribution in [3.63, 3.8) is 0 Å². The summed E-state index contributed by atoms with van der Waals surface area (Å²) in [6.45, 7) is 0.887. The van der Waals surface area contributed by atoms with Crippen molar-refractivity contribution in [3.05, 3.63) is 39.6 Å². The number of thioether (sulfide) groups is 1. The lowest BCUT2D eigenvalue weighted by Gasteiger charge is -2.13. The maximum absolute atomic E-state index is 12.3. The van der Waals surface area contributed by atoms with E-state index in [1.54, 1.807) is 24.5 Å². The average Bonchev–Trinajstić information content (AvgIpc) is 2.48. The van der Waals surface area contributed by atoms with Gasteiger partial charge in [-0.3, -0.25) is 19.0 Å². The van der Waals surface area contributed by atoms with Gasteiger partial charge in [-0.1, -0.05) is 23.4 Å². The Morgan fingerprint density at radius 2 is 2.08 bits per heavy atom. The van der Waals surface area contributed by atoms with Gasteiger partial charge in [-0.05, 0) is 24.5 Å². The van der Waals surface area contributed by atoms with Gasteiger partial charge in [0.05, 0.1) is 11.4 Å². The minimum atomic E-state index is -1.13. The molecule has 1 aromatic carbocycles. The second kappa shape index (κ2) is 7.50. The summed E-state index contributed by atoms with van der Waals surface area (Å²) < 4.78 is 1.07. The highest BCUT2D eigenvalue weighted by Gasteiger charge is 2.15. The lowest BCUT2D eigenvalue weighted by Crippen LogP contribution is -2.26. The Hall–Kier alpha value is -2.32. The summed E-state index contributed by atoms with van der Waals surface area (Å²) in [7, 11) is 0. The Balaban J connectivity index is 2.61. The number of aromatic nitrogens is 2. The Morgan fingerprint density at radius 3 is 2.67 bits per heavy atom. The minimum absolute atomic E-state index is 0.267. The number of nitrogens with zero attached hydrogens (tertiary/aromatic N) is 2. The third-order valence-electron chi connectivity index (χ3n) is 3.02. The second-order valence-electron chi connectivity index (χ2n) is 4.82. The molecule has 24 heavy (non-hydrogen) atoms. The molecular formula is C15H14ClN3O4S. The molecule has 2 rings (SSSR count). The highest BCUT2D eigenvalue weighted by atomic mass is 35.5. The number of carbonyl (C=O) groups is 2. The maximum atomic E-state index is 12.3. The molecule has 0 unspecified atom stereocenters. The fourth-order valence-electron chi connectivity index (χ4n) is 2.09. The Kier molecular flexibility index (Phi) is 5.63. The molecule has 0 aliphatic rings. The van der Waals surface area contributed by atoms with Crippen LogP contribution in [-0.2, 0) is 16.1 Å². The van der Waals surface area contributed by atoms with Gasteiger partial charge in [0.2, 0.25) is 5.91 Å². The van der Waals surface area contributed by atoms with Gasteiger partial charge in [0.1, 0.15) is 6.54 Å². The van der Waals surface area contributed by atoms with Gasteiger partial charge in [0.25, 0.3) is 5.56 Å². The predicted octanol–water partition coefficient (Wildman–Crippen LogP) is 2.33. The van der Waals surface area contributed by atoms with Crippen molar-refractivity contribution >= 4 is 40.9 Å². The number of amides is 1. The minimum Gasteiger partial charge on any atom is -0.480 e. The zero-order chi connectivity index (χ0) is 17.9. The molecule has 2 N–H and O–H groups in total. The van der Waals surface area contributed by atoms with E-state index < -0.39 is 18.1 Å². The van der Waals surface area contributed by atoms with Crippen molar-refractivity contribution in [2.75, 3.05) is 11.6 Å². The molecule has 0 aliphatic carbocycles. The molecule has 1 amide bonds. The van der Waals surface area contributed by atoms with Gasteiger partial charge < -0.3 is 10.4 Å². The molecule has 126 valence electrons. The zero-order valence-electron chi connectivity index (χ0n) is 12.9. The number of carboxylic acid groups (broad SMARTS) is 1. The lowest BCUT2D eigenvalue weighted by atomic mass is 10.1. The van der Waals surface area contributed by atoms with Crippen LogP contribution >= 0.6 is 23.4 Å². The molecule has 0 saturated heterocycles. The van der Waals surface area contributed by atoms with Crippen molar-refractivity contribution in [2.45, 2.75) is 18.6 Å². The summed E-state index contributed by atoms with van der Waals surface area (Å²) in [6.07, 6.45) is 1.69. The van der Waals surface area contributed by atoms with E-state index in [9.17, 15) is 14.4 Å². The van der Waals surface area contributed by atoms with Crippen LogP contribution < -0.4 is 10.9 Å². The topological polar surface area (TPSA) is 101 Å². The molecule has 2 aromatic rings. The second-order valence-corrected chi connectivity index (χ2v) is 6.03. The molecular weight excluding hydrogens is 354 g/mol. The summed E-state index contributed by atoms with van der Waals surface area (Å²) in [4.78, 5) is 38.9. The molecule has 0 atom stereocenters. The van der Waals surface area contributed by atoms with Crippen LogP contribution in [-0.4, -0.2) is 32.8 Å². The third kappa shape index (κ3) is 4.15. The largest absolute Gasteiger partial charge is 0.480 e. The maximum Gasteiger partial charge on any atom is 0.323 e. The molecule has 0 radical (unpaired) electrons. The number of benzene rings is 1. The number of rotatable bonds is 5. The van der Waals surface area contributed by atoms with Gasteiger partial charge in [-0.15, -0.1) is 0 Å². The molecule has 0 aliphatic heterocycles. The van der Waals surface area contributed by atoms with Gasteiger partial charge in [0.15, 0.2) is 5.16 Å². The number of nitrogens with one attached hydrogen (secondary N) is 1. The van der Waals surface area contributed by atoms with Crippen LogP contribution in [0.25, 0.3) is 11.3 Å². The van der Waals surface area contributed by atoms with E-state index in [0.29, 0.717) is 22.0 Å². The number of carbonyl (C=O) groups excluding carboxylic acids is 1. The first kappa shape index (κ1) is 18.0. The fourth-order valence-corrected chi connectivity index (χ4v) is 2.83. The van der Waals surface area contributed by atoms with E-state index in [0.717, 1.165) is 16.3 Å². The average molecular weight is 368 g/mol. The summed E-state index contributed by atoms with van der Waals surface area (Å²) >= 11 is 7.11. The van der Waals surface area contributed by atoms with Crippen molar-refractivity contribution in [1.29, 1.82) is 0 Å². The zero-order valence-corrected chi connectivity index (χ0v) is 14.4. The van der Waals surface area contributed by atoms with E-state index in [1.165, 1.54) is 13.0 Å². The van der Waals surface area contributed by atoms with Crippen LogP contribution in [0.1, 0.15) is 6.92 Å². The highest BCUT2D eigenvalue weighted by molar-refractivity contribution is 7.98. The first-order valence-corrected chi connectivity index (χ1v) is 8.37. The fraction of sp³-hybridized carbons (Fsp3) is 0.200. The predicted molar refractivity (Wildman–Crippen MR) is 92.7 cm³/mol. The van der Waals surface area contributed by atoms with Crippen LogP contribution in [0.4, 0.5) is 5.69 Å². The number of hydrogen-bond donors (Lipinski definition) is 2. The molecule has 0 bridgehead atoms. The highest BCUT2D eigenvalue weighted by Crippen LogP contribution is 2.30. The number of anilines is 1. The van der Waals surface area contributed by atoms with E-state index >= 15 is 0 Å². The van der Waals surface area contributed by atoms with Crippen molar-refractivity contribution < 1.29 is 14.7 Å². The molecule has 0 saturated carbocycles. The van der Waals surface area contributed by atoms with Crippen LogP contribution in [0.3, 0.4) is 0 Å². The van der Waals surface area contributed by atoms with Gasteiger partial charge >= 0.3 is 5.97 Å². The molecule has 1 heterocycles. The normalized spacial score (nSPS) is 10.5. The first-order chi connectivity index (χ1) is 11.3. The molecule has 9 heteroatoms. The van der Waals surface area contributed by atoms with Crippen molar-refractivity contribution in [3.8, 4) is 11.3 Å². The summed E-state index contributed by atoms with van der Waals surface area (Å²) in [6, 6.07) is 6.05. The SMILES string of the molecule is CSc1nc(-c2ccc(Cl)cc2NC(C)=O)cc(=O)n1CC(=O)O. The summed E-state index contributed by atoms with van der Waals surface area (Å²) in [5.41, 5.74) is 0.774. The van der Waals surface area contributed by atoms with Gasteiger partial charge in [-0.25, -0.2) is 4.98 Å². The quantitative estimate of drug-likeness (QED) is 0.621. The Bertz CT molecular complexity index is 866. The van der Waals surface area contributed by atoms with Crippen LogP contribution in [0.2, 0.25) is 5.02 Å². The van der Waals surface area contributed by atoms with Crippen molar-refractivity contribution in [1.82, 2.24) is 9.55 Å². The molecule has 0 spiro atoms. The smallest absolute Gasteiger partial charge is 0.323 e. The molecule has 7 nitrogen and oxygen atoms in total. The summed E-state index contributed by atoms with van der Waals surface area (Å²) in [5.74, 6) is -1.42. The van der Waals surface area contributed by atoms with E-state index in [4.69, 9.17) is 16.7 Å². The van der Waals surface area contributed by atoms with Crippen LogP contribution in [0.5, 0.6) is 0 Å². The van der Waals surface area contributed by atoms with Crippen LogP contribution in [0.15, 0.2) is 34.2 Å². The first-order valence-electron chi connectivity index (χ1n) is 6.77. The van der Waals surface area contributed by atoms with Gasteiger partial charge in [-0.2, -0.15) is 0 Å². The van der Waals surface area contributed by atoms with E-state index in [2.05, 4.69) is 10.3 Å². The molecule has 1 aromatic heterocycles. The molecule has 0 fully saturated rings. The number of aliphatic carboxylic acids is 1. The lowest BCUT2D eigenvalue weighted by molar-refractivity contribution is -0.137. The van der Waals surface area contributed by atoms with Gasteiger partial charge in [0, 0.05) is 23.6 Å². The third-order valence-corrected chi connectivity index (χ3v) is 3.93. The Labute approximate surface area is 146 Å². The van der Waals surface area contributed by atoms with E-state index in [-0.39, 0.29) is 11.1 Å². The number of carboxylic acids is 1. The Morgan fingerprint density at radius 1 is 1.38 bits per heavy atom. The standard InChI is InChI=1S/C15H14ClN3O4S/c1-8(20)17-11-5-9(16)3-4-10(11)12-6-13(21)19(7-14(22)23)15(18-12)24-2/h3-6H,7H2,1-2H3,(H,17,20)(H,22,23). The summed E-state index contributed by atoms with van der Waals surface area (Å²) in [5, 5.41) is 12.2. The number of halogens is 1. The van der Waals surface area contributed by atoms with Crippen molar-refractivity contribution in [2.24, 2.45) is 0 Å². The number of hydrogen-bond acceptors (Lipinski definition) is 5. The van der Waals surface area contributed by atoms with Crippen LogP contribution in [0, 0.1) is 0 Å². The monoisotopic (exact) mass is 367 g/mol. The van der Waals surface area contributed by atoms with E-state index in [1.807, 2.05) is 0 Å².